The minimum atomic E-state index is -0.482. The summed E-state index contributed by atoms with van der Waals surface area (Å²) in [4.78, 5) is 20.2. The molecule has 19 heavy (non-hydrogen) atoms. The second kappa shape index (κ2) is 6.70. The first kappa shape index (κ1) is 15.7. The average Bonchev–Trinajstić information content (AvgIpc) is 2.34. The summed E-state index contributed by atoms with van der Waals surface area (Å²) in [7, 11) is 0. The van der Waals surface area contributed by atoms with Crippen LogP contribution in [0.25, 0.3) is 0 Å². The van der Waals surface area contributed by atoms with E-state index >= 15 is 0 Å². The molecular formula is C13H20ClN3O2. The van der Waals surface area contributed by atoms with E-state index in [1.54, 1.807) is 13.8 Å². The zero-order chi connectivity index (χ0) is 14.6. The fourth-order valence-corrected chi connectivity index (χ4v) is 1.61. The van der Waals surface area contributed by atoms with E-state index in [0.29, 0.717) is 23.4 Å². The van der Waals surface area contributed by atoms with Crippen molar-refractivity contribution in [3.8, 4) is 0 Å². The summed E-state index contributed by atoms with van der Waals surface area (Å²) in [6.45, 7) is 9.63. The van der Waals surface area contributed by atoms with Crippen LogP contribution in [0.1, 0.15) is 45.0 Å². The largest absolute Gasteiger partial charge is 0.464 e. The molecule has 0 spiro atoms. The van der Waals surface area contributed by atoms with Gasteiger partial charge in [0, 0.05) is 11.5 Å². The number of ether oxygens (including phenoxy) is 1. The average molecular weight is 286 g/mol. The number of anilines is 1. The third-order valence-electron chi connectivity index (χ3n) is 2.61. The number of aromatic nitrogens is 2. The number of rotatable bonds is 5. The Hall–Kier alpha value is -1.36. The van der Waals surface area contributed by atoms with Gasteiger partial charge in [0.05, 0.1) is 6.61 Å². The third kappa shape index (κ3) is 4.06. The number of nitrogens with zero attached hydrogens (tertiary/aromatic N) is 2. The Morgan fingerprint density at radius 3 is 2.53 bits per heavy atom. The van der Waals surface area contributed by atoms with Crippen molar-refractivity contribution < 1.29 is 9.53 Å². The van der Waals surface area contributed by atoms with E-state index in [9.17, 15) is 4.79 Å². The maximum Gasteiger partial charge on any atom is 0.328 e. The van der Waals surface area contributed by atoms with E-state index < -0.39 is 6.04 Å². The molecule has 0 radical (unpaired) electrons. The highest BCUT2D eigenvalue weighted by Crippen LogP contribution is 2.23. The van der Waals surface area contributed by atoms with E-state index in [2.05, 4.69) is 15.3 Å². The maximum atomic E-state index is 11.6. The Morgan fingerprint density at radius 2 is 2.00 bits per heavy atom. The molecule has 1 heterocycles. The molecule has 1 unspecified atom stereocenters. The van der Waals surface area contributed by atoms with Crippen molar-refractivity contribution >= 4 is 23.4 Å². The molecule has 0 aliphatic heterocycles. The lowest BCUT2D eigenvalue weighted by Gasteiger charge is -2.16. The molecule has 0 bridgehead atoms. The highest BCUT2D eigenvalue weighted by atomic mass is 35.5. The van der Waals surface area contributed by atoms with E-state index in [4.69, 9.17) is 16.3 Å². The second-order valence-electron chi connectivity index (χ2n) is 4.62. The molecule has 0 aromatic carbocycles. The highest BCUT2D eigenvalue weighted by molar-refractivity contribution is 6.30. The normalized spacial score (nSPS) is 12.4. The van der Waals surface area contributed by atoms with Gasteiger partial charge in [-0.1, -0.05) is 25.4 Å². The molecule has 1 aromatic rings. The molecule has 0 amide bonds. The van der Waals surface area contributed by atoms with Crippen LogP contribution < -0.4 is 5.32 Å². The highest BCUT2D eigenvalue weighted by Gasteiger charge is 2.18. The smallest absolute Gasteiger partial charge is 0.328 e. The van der Waals surface area contributed by atoms with Gasteiger partial charge in [0.1, 0.15) is 22.8 Å². The lowest BCUT2D eigenvalue weighted by Crippen LogP contribution is -2.29. The second-order valence-corrected chi connectivity index (χ2v) is 4.98. The molecule has 1 aromatic heterocycles. The molecule has 0 saturated carbocycles. The Labute approximate surface area is 118 Å². The van der Waals surface area contributed by atoms with Crippen molar-refractivity contribution in [2.24, 2.45) is 0 Å². The molecule has 5 nitrogen and oxygen atoms in total. The Balaban J connectivity index is 2.97. The minimum absolute atomic E-state index is 0.163. The van der Waals surface area contributed by atoms with Gasteiger partial charge in [0.2, 0.25) is 0 Å². The fraction of sp³-hybridized carbons (Fsp3) is 0.615. The minimum Gasteiger partial charge on any atom is -0.464 e. The first-order valence-electron chi connectivity index (χ1n) is 6.34. The van der Waals surface area contributed by atoms with Gasteiger partial charge < -0.3 is 10.1 Å². The van der Waals surface area contributed by atoms with E-state index in [-0.39, 0.29) is 11.9 Å². The lowest BCUT2D eigenvalue weighted by atomic mass is 10.2. The number of esters is 1. The Bertz CT molecular complexity index is 463. The quantitative estimate of drug-likeness (QED) is 0.666. The summed E-state index contributed by atoms with van der Waals surface area (Å²) in [5, 5.41) is 3.42. The van der Waals surface area contributed by atoms with Crippen LogP contribution in [-0.4, -0.2) is 28.6 Å². The zero-order valence-electron chi connectivity index (χ0n) is 12.0. The molecule has 0 aliphatic rings. The summed E-state index contributed by atoms with van der Waals surface area (Å²) >= 11 is 6.08. The van der Waals surface area contributed by atoms with E-state index in [0.717, 1.165) is 5.56 Å². The lowest BCUT2D eigenvalue weighted by molar-refractivity contribution is -0.143. The van der Waals surface area contributed by atoms with Crippen LogP contribution in [0.5, 0.6) is 0 Å². The standard InChI is InChI=1S/C13H20ClN3O2/c1-6-19-13(18)9(5)15-12-8(4)10(14)16-11(17-12)7(2)3/h7,9H,6H2,1-5H3,(H,15,16,17). The van der Waals surface area contributed by atoms with Crippen LogP contribution >= 0.6 is 11.6 Å². The molecule has 1 N–H and O–H groups in total. The van der Waals surface area contributed by atoms with Gasteiger partial charge in [-0.3, -0.25) is 0 Å². The van der Waals surface area contributed by atoms with Gasteiger partial charge in [-0.15, -0.1) is 0 Å². The topological polar surface area (TPSA) is 64.1 Å². The predicted molar refractivity (Wildman–Crippen MR) is 75.6 cm³/mol. The molecular weight excluding hydrogens is 266 g/mol. The summed E-state index contributed by atoms with van der Waals surface area (Å²) in [6.07, 6.45) is 0. The van der Waals surface area contributed by atoms with Crippen molar-refractivity contribution in [2.75, 3.05) is 11.9 Å². The molecule has 0 aliphatic carbocycles. The third-order valence-corrected chi connectivity index (χ3v) is 2.98. The number of carbonyl (C=O) groups is 1. The molecule has 0 saturated heterocycles. The van der Waals surface area contributed by atoms with Gasteiger partial charge in [-0.2, -0.15) is 0 Å². The maximum absolute atomic E-state index is 11.6. The number of halogens is 1. The molecule has 0 fully saturated rings. The van der Waals surface area contributed by atoms with Gasteiger partial charge in [0.25, 0.3) is 0 Å². The van der Waals surface area contributed by atoms with Crippen molar-refractivity contribution in [1.29, 1.82) is 0 Å². The fourth-order valence-electron chi connectivity index (χ4n) is 1.44. The Kier molecular flexibility index (Phi) is 5.54. The number of hydrogen-bond donors (Lipinski definition) is 1. The van der Waals surface area contributed by atoms with Crippen molar-refractivity contribution in [3.63, 3.8) is 0 Å². The monoisotopic (exact) mass is 285 g/mol. The molecule has 1 rings (SSSR count). The number of nitrogens with one attached hydrogen (secondary N) is 1. The predicted octanol–water partition coefficient (Wildman–Crippen LogP) is 2.93. The van der Waals surface area contributed by atoms with Crippen LogP contribution in [0.2, 0.25) is 5.15 Å². The number of carbonyl (C=O) groups excluding carboxylic acids is 1. The molecule has 6 heteroatoms. The summed E-state index contributed by atoms with van der Waals surface area (Å²) < 4.78 is 4.95. The molecule has 106 valence electrons. The van der Waals surface area contributed by atoms with Crippen molar-refractivity contribution in [3.05, 3.63) is 16.5 Å². The van der Waals surface area contributed by atoms with Crippen LogP contribution in [0.4, 0.5) is 5.82 Å². The van der Waals surface area contributed by atoms with Gasteiger partial charge in [-0.25, -0.2) is 14.8 Å². The SMILES string of the molecule is CCOC(=O)C(C)Nc1nc(C(C)C)nc(Cl)c1C. The first-order valence-corrected chi connectivity index (χ1v) is 6.71. The van der Waals surface area contributed by atoms with Crippen LogP contribution in [0.15, 0.2) is 0 Å². The van der Waals surface area contributed by atoms with Crippen LogP contribution in [0, 0.1) is 6.92 Å². The van der Waals surface area contributed by atoms with Gasteiger partial charge in [-0.05, 0) is 20.8 Å². The summed E-state index contributed by atoms with van der Waals surface area (Å²) in [5.41, 5.74) is 0.724. The van der Waals surface area contributed by atoms with Crippen LogP contribution in [-0.2, 0) is 9.53 Å². The number of hydrogen-bond acceptors (Lipinski definition) is 5. The summed E-state index contributed by atoms with van der Waals surface area (Å²) in [6, 6.07) is -0.482. The van der Waals surface area contributed by atoms with Gasteiger partial charge in [0.15, 0.2) is 0 Å². The van der Waals surface area contributed by atoms with E-state index in [1.807, 2.05) is 20.8 Å². The summed E-state index contributed by atoms with van der Waals surface area (Å²) in [5.74, 6) is 1.07. The van der Waals surface area contributed by atoms with E-state index in [1.165, 1.54) is 0 Å². The van der Waals surface area contributed by atoms with Crippen molar-refractivity contribution in [1.82, 2.24) is 9.97 Å². The Morgan fingerprint density at radius 1 is 1.37 bits per heavy atom. The van der Waals surface area contributed by atoms with Crippen LogP contribution in [0.3, 0.4) is 0 Å². The van der Waals surface area contributed by atoms with Gasteiger partial charge >= 0.3 is 5.97 Å². The zero-order valence-corrected chi connectivity index (χ0v) is 12.7. The molecule has 1 atom stereocenters. The first-order chi connectivity index (χ1) is 8.86. The van der Waals surface area contributed by atoms with Crippen molar-refractivity contribution in [2.45, 2.75) is 46.6 Å².